The molecule has 1 aromatic rings. The zero-order chi connectivity index (χ0) is 17.2. The van der Waals surface area contributed by atoms with Gasteiger partial charge < -0.3 is 15.4 Å². The fourth-order valence-electron chi connectivity index (χ4n) is 1.75. The third kappa shape index (κ3) is 7.10. The number of hydrogen-bond donors (Lipinski definition) is 2. The van der Waals surface area contributed by atoms with E-state index in [4.69, 9.17) is 4.74 Å². The van der Waals surface area contributed by atoms with Gasteiger partial charge in [-0.2, -0.15) is 0 Å². The number of nitrogens with one attached hydrogen (secondary N) is 2. The molecule has 5 heteroatoms. The molecule has 0 fully saturated rings. The summed E-state index contributed by atoms with van der Waals surface area (Å²) < 4.78 is 5.39. The van der Waals surface area contributed by atoms with Gasteiger partial charge in [-0.1, -0.05) is 19.9 Å². The molecular formula is C18H26N2O3. The summed E-state index contributed by atoms with van der Waals surface area (Å²) in [6.45, 7) is 10.5. The Morgan fingerprint density at radius 1 is 1.22 bits per heavy atom. The second-order valence-electron chi connectivity index (χ2n) is 5.76. The van der Waals surface area contributed by atoms with Gasteiger partial charge in [0.1, 0.15) is 6.10 Å². The maximum Gasteiger partial charge on any atom is 0.253 e. The van der Waals surface area contributed by atoms with Crippen LogP contribution in [0.15, 0.2) is 36.9 Å². The van der Waals surface area contributed by atoms with Crippen LogP contribution in [0, 0.1) is 5.92 Å². The van der Waals surface area contributed by atoms with Crippen LogP contribution in [0.3, 0.4) is 0 Å². The summed E-state index contributed by atoms with van der Waals surface area (Å²) in [5.41, 5.74) is 1.20. The van der Waals surface area contributed by atoms with E-state index >= 15 is 0 Å². The van der Waals surface area contributed by atoms with Crippen LogP contribution in [-0.2, 0) is 9.53 Å². The van der Waals surface area contributed by atoms with Crippen molar-refractivity contribution in [1.82, 2.24) is 5.32 Å². The van der Waals surface area contributed by atoms with Crippen LogP contribution >= 0.6 is 0 Å². The molecule has 0 radical (unpaired) electrons. The predicted octanol–water partition coefficient (Wildman–Crippen LogP) is 2.99. The normalized spacial score (nSPS) is 11.8. The molecule has 0 aliphatic rings. The maximum atomic E-state index is 12.0. The first-order valence-electron chi connectivity index (χ1n) is 7.85. The lowest BCUT2D eigenvalue weighted by molar-refractivity contribution is -0.126. The van der Waals surface area contributed by atoms with Crippen LogP contribution in [-0.4, -0.2) is 31.1 Å². The molecule has 1 aromatic carbocycles. The van der Waals surface area contributed by atoms with Crippen molar-refractivity contribution in [3.8, 4) is 0 Å². The fraction of sp³-hybridized carbons (Fsp3) is 0.444. The minimum Gasteiger partial charge on any atom is -0.368 e. The van der Waals surface area contributed by atoms with E-state index in [1.54, 1.807) is 37.3 Å². The van der Waals surface area contributed by atoms with Crippen molar-refractivity contribution >= 4 is 17.5 Å². The van der Waals surface area contributed by atoms with Crippen LogP contribution in [0.25, 0.3) is 0 Å². The first-order valence-corrected chi connectivity index (χ1v) is 7.85. The smallest absolute Gasteiger partial charge is 0.253 e. The highest BCUT2D eigenvalue weighted by Gasteiger charge is 2.13. The summed E-state index contributed by atoms with van der Waals surface area (Å²) in [5, 5.41) is 5.61. The van der Waals surface area contributed by atoms with Crippen LogP contribution in [0.4, 0.5) is 5.69 Å². The van der Waals surface area contributed by atoms with Crippen molar-refractivity contribution < 1.29 is 14.3 Å². The van der Waals surface area contributed by atoms with Gasteiger partial charge in [-0.25, -0.2) is 0 Å². The second kappa shape index (κ2) is 9.79. The number of carbonyl (C=O) groups excluding carboxylic acids is 2. The molecule has 0 spiro atoms. The lowest BCUT2D eigenvalue weighted by Crippen LogP contribution is -2.28. The maximum absolute atomic E-state index is 12.0. The Hall–Kier alpha value is -2.14. The molecule has 2 amide bonds. The van der Waals surface area contributed by atoms with Gasteiger partial charge in [0.05, 0.1) is 6.61 Å². The van der Waals surface area contributed by atoms with Crippen molar-refractivity contribution in [2.24, 2.45) is 5.92 Å². The SMILES string of the molecule is C=CCCOC(C)C(=O)Nc1ccc(C(=O)NCC(C)C)cc1. The van der Waals surface area contributed by atoms with E-state index in [1.807, 2.05) is 13.8 Å². The molecule has 0 saturated heterocycles. The highest BCUT2D eigenvalue weighted by molar-refractivity contribution is 5.96. The number of amides is 2. The number of benzene rings is 1. The van der Waals surface area contributed by atoms with Crippen molar-refractivity contribution in [2.45, 2.75) is 33.3 Å². The highest BCUT2D eigenvalue weighted by atomic mass is 16.5. The summed E-state index contributed by atoms with van der Waals surface area (Å²) >= 11 is 0. The van der Waals surface area contributed by atoms with E-state index in [0.717, 1.165) is 0 Å². The summed E-state index contributed by atoms with van der Waals surface area (Å²) in [6.07, 6.45) is 1.91. The largest absolute Gasteiger partial charge is 0.368 e. The zero-order valence-corrected chi connectivity index (χ0v) is 14.1. The molecule has 1 atom stereocenters. The minimum absolute atomic E-state index is 0.113. The first-order chi connectivity index (χ1) is 10.9. The number of ether oxygens (including phenoxy) is 1. The van der Waals surface area contributed by atoms with Crippen LogP contribution < -0.4 is 10.6 Å². The number of rotatable bonds is 9. The van der Waals surface area contributed by atoms with Gasteiger partial charge >= 0.3 is 0 Å². The lowest BCUT2D eigenvalue weighted by atomic mass is 10.1. The lowest BCUT2D eigenvalue weighted by Gasteiger charge is -2.13. The molecule has 0 aliphatic carbocycles. The molecule has 1 rings (SSSR count). The monoisotopic (exact) mass is 318 g/mol. The molecule has 126 valence electrons. The molecule has 1 unspecified atom stereocenters. The van der Waals surface area contributed by atoms with Gasteiger partial charge in [-0.05, 0) is 43.5 Å². The molecule has 0 saturated carbocycles. The second-order valence-corrected chi connectivity index (χ2v) is 5.76. The van der Waals surface area contributed by atoms with Crippen molar-refractivity contribution in [2.75, 3.05) is 18.5 Å². The average Bonchev–Trinajstić information content (AvgIpc) is 2.53. The summed E-state index contributed by atoms with van der Waals surface area (Å²) in [5.74, 6) is 0.0730. The average molecular weight is 318 g/mol. The Morgan fingerprint density at radius 3 is 2.43 bits per heavy atom. The van der Waals surface area contributed by atoms with E-state index in [-0.39, 0.29) is 11.8 Å². The fourth-order valence-corrected chi connectivity index (χ4v) is 1.75. The van der Waals surface area contributed by atoms with Gasteiger partial charge in [0, 0.05) is 17.8 Å². The summed E-state index contributed by atoms with van der Waals surface area (Å²) in [6, 6.07) is 6.79. The Kier molecular flexibility index (Phi) is 8.05. The first kappa shape index (κ1) is 18.9. The molecule has 0 aromatic heterocycles. The van der Waals surface area contributed by atoms with Crippen molar-refractivity contribution in [3.63, 3.8) is 0 Å². The quantitative estimate of drug-likeness (QED) is 0.543. The molecule has 5 nitrogen and oxygen atoms in total. The van der Waals surface area contributed by atoms with E-state index in [9.17, 15) is 9.59 Å². The van der Waals surface area contributed by atoms with Crippen LogP contribution in [0.2, 0.25) is 0 Å². The molecule has 0 bridgehead atoms. The van der Waals surface area contributed by atoms with Crippen molar-refractivity contribution in [1.29, 1.82) is 0 Å². The molecule has 0 aliphatic heterocycles. The van der Waals surface area contributed by atoms with Gasteiger partial charge in [0.15, 0.2) is 0 Å². The number of anilines is 1. The third-order valence-electron chi connectivity index (χ3n) is 3.14. The summed E-state index contributed by atoms with van der Waals surface area (Å²) in [7, 11) is 0. The van der Waals surface area contributed by atoms with E-state index in [2.05, 4.69) is 17.2 Å². The number of carbonyl (C=O) groups is 2. The molecule has 2 N–H and O–H groups in total. The minimum atomic E-state index is -0.538. The Morgan fingerprint density at radius 2 is 1.87 bits per heavy atom. The van der Waals surface area contributed by atoms with Gasteiger partial charge in [0.2, 0.25) is 0 Å². The van der Waals surface area contributed by atoms with E-state index < -0.39 is 6.10 Å². The standard InChI is InChI=1S/C18H26N2O3/c1-5-6-11-23-14(4)17(21)20-16-9-7-15(8-10-16)18(22)19-12-13(2)3/h5,7-10,13-14H,1,6,11-12H2,2-4H3,(H,19,22)(H,20,21). The highest BCUT2D eigenvalue weighted by Crippen LogP contribution is 2.11. The molecule has 0 heterocycles. The number of hydrogen-bond acceptors (Lipinski definition) is 3. The Labute approximate surface area is 138 Å². The van der Waals surface area contributed by atoms with Crippen LogP contribution in [0.1, 0.15) is 37.6 Å². The van der Waals surface area contributed by atoms with E-state index in [0.29, 0.717) is 36.7 Å². The zero-order valence-electron chi connectivity index (χ0n) is 14.1. The third-order valence-corrected chi connectivity index (χ3v) is 3.14. The van der Waals surface area contributed by atoms with E-state index in [1.165, 1.54) is 0 Å². The molecule has 23 heavy (non-hydrogen) atoms. The van der Waals surface area contributed by atoms with Crippen molar-refractivity contribution in [3.05, 3.63) is 42.5 Å². The topological polar surface area (TPSA) is 67.4 Å². The Bertz CT molecular complexity index is 524. The van der Waals surface area contributed by atoms with Gasteiger partial charge in [0.25, 0.3) is 11.8 Å². The molecular weight excluding hydrogens is 292 g/mol. The Balaban J connectivity index is 2.51. The predicted molar refractivity (Wildman–Crippen MR) is 92.5 cm³/mol. The summed E-state index contributed by atoms with van der Waals surface area (Å²) in [4.78, 5) is 23.9. The van der Waals surface area contributed by atoms with Gasteiger partial charge in [-0.15, -0.1) is 6.58 Å². The van der Waals surface area contributed by atoms with Crippen LogP contribution in [0.5, 0.6) is 0 Å². The van der Waals surface area contributed by atoms with Gasteiger partial charge in [-0.3, -0.25) is 9.59 Å².